The van der Waals surface area contributed by atoms with Gasteiger partial charge < -0.3 is 15.2 Å². The van der Waals surface area contributed by atoms with Crippen LogP contribution in [0.25, 0.3) is 0 Å². The van der Waals surface area contributed by atoms with Crippen molar-refractivity contribution < 1.29 is 0 Å². The molecule has 3 heterocycles. The second-order valence-corrected chi connectivity index (χ2v) is 7.57. The van der Waals surface area contributed by atoms with E-state index in [-0.39, 0.29) is 24.0 Å². The Hall–Kier alpha value is -1.16. The van der Waals surface area contributed by atoms with Crippen LogP contribution in [0.5, 0.6) is 0 Å². The predicted molar refractivity (Wildman–Crippen MR) is 119 cm³/mol. The van der Waals surface area contributed by atoms with Gasteiger partial charge in [-0.1, -0.05) is 13.3 Å². The maximum Gasteiger partial charge on any atom is 0.191 e. The van der Waals surface area contributed by atoms with Crippen molar-refractivity contribution in [2.24, 2.45) is 4.99 Å². The van der Waals surface area contributed by atoms with Gasteiger partial charge in [-0.05, 0) is 31.4 Å². The first-order chi connectivity index (χ1) is 12.3. The van der Waals surface area contributed by atoms with E-state index < -0.39 is 0 Å². The van der Waals surface area contributed by atoms with Gasteiger partial charge in [0, 0.05) is 42.7 Å². The molecule has 0 amide bonds. The number of guanidine groups is 1. The number of nitrogens with zero attached hydrogens (tertiary/aromatic N) is 4. The van der Waals surface area contributed by atoms with E-state index in [0.29, 0.717) is 0 Å². The number of aliphatic imine (C=N–C) groups is 1. The van der Waals surface area contributed by atoms with E-state index in [1.807, 2.05) is 18.4 Å². The molecule has 0 saturated heterocycles. The van der Waals surface area contributed by atoms with Crippen LogP contribution in [0, 0.1) is 0 Å². The fraction of sp³-hybridized carbons (Fsp3) is 0.611. The molecule has 0 saturated carbocycles. The van der Waals surface area contributed by atoms with Gasteiger partial charge in [0.05, 0.1) is 6.54 Å². The van der Waals surface area contributed by atoms with Crippen molar-refractivity contribution in [1.29, 1.82) is 0 Å². The number of nitrogens with one attached hydrogen (secondary N) is 2. The molecular formula is C18H29IN6S. The van der Waals surface area contributed by atoms with Gasteiger partial charge in [0.1, 0.15) is 11.6 Å². The van der Waals surface area contributed by atoms with Crippen molar-refractivity contribution >= 4 is 41.3 Å². The Balaban J connectivity index is 0.00000243. The minimum absolute atomic E-state index is 0. The molecule has 0 radical (unpaired) electrons. The van der Waals surface area contributed by atoms with Gasteiger partial charge in [0.25, 0.3) is 0 Å². The van der Waals surface area contributed by atoms with Crippen LogP contribution >= 0.6 is 35.3 Å². The summed E-state index contributed by atoms with van der Waals surface area (Å²) in [5.41, 5.74) is 0. The summed E-state index contributed by atoms with van der Waals surface area (Å²) < 4.78 is 2.31. The van der Waals surface area contributed by atoms with Crippen molar-refractivity contribution in [2.45, 2.75) is 58.5 Å². The summed E-state index contributed by atoms with van der Waals surface area (Å²) in [4.78, 5) is 7.07. The van der Waals surface area contributed by atoms with E-state index in [2.05, 4.69) is 49.4 Å². The minimum atomic E-state index is 0. The Kier molecular flexibility index (Phi) is 8.83. The first-order valence-electron chi connectivity index (χ1n) is 9.23. The largest absolute Gasteiger partial charge is 0.356 e. The lowest BCUT2D eigenvalue weighted by molar-refractivity contribution is 0.600. The summed E-state index contributed by atoms with van der Waals surface area (Å²) in [6.45, 7) is 4.87. The summed E-state index contributed by atoms with van der Waals surface area (Å²) >= 11 is 1.86. The third-order valence-corrected chi connectivity index (χ3v) is 5.78. The van der Waals surface area contributed by atoms with E-state index in [0.717, 1.165) is 56.5 Å². The average Bonchev–Trinajstić information content (AvgIpc) is 3.18. The van der Waals surface area contributed by atoms with Gasteiger partial charge >= 0.3 is 0 Å². The molecule has 144 valence electrons. The highest BCUT2D eigenvalue weighted by atomic mass is 127. The fourth-order valence-corrected chi connectivity index (χ4v) is 4.02. The molecular weight excluding hydrogens is 459 g/mol. The van der Waals surface area contributed by atoms with Gasteiger partial charge in [0.2, 0.25) is 0 Å². The van der Waals surface area contributed by atoms with Crippen LogP contribution in [0.1, 0.15) is 47.6 Å². The molecule has 1 aliphatic rings. The van der Waals surface area contributed by atoms with Gasteiger partial charge in [-0.3, -0.25) is 4.99 Å². The maximum atomic E-state index is 4.38. The summed E-state index contributed by atoms with van der Waals surface area (Å²) in [7, 11) is 1.81. The molecule has 2 aromatic rings. The lowest BCUT2D eigenvalue weighted by Gasteiger charge is -2.11. The SMILES string of the molecule is CCc1ccc(CNC(=NC)NCCc2nnc3n2CCCCC3)s1.I. The quantitative estimate of drug-likeness (QED) is 0.373. The highest BCUT2D eigenvalue weighted by molar-refractivity contribution is 14.0. The molecule has 0 spiro atoms. The smallest absolute Gasteiger partial charge is 0.191 e. The predicted octanol–water partition coefficient (Wildman–Crippen LogP) is 3.15. The van der Waals surface area contributed by atoms with Crippen LogP contribution in [-0.4, -0.2) is 34.3 Å². The van der Waals surface area contributed by atoms with Crippen molar-refractivity contribution in [3.05, 3.63) is 33.5 Å². The normalized spacial score (nSPS) is 14.3. The second-order valence-electron chi connectivity index (χ2n) is 6.32. The Morgan fingerprint density at radius 1 is 1.19 bits per heavy atom. The van der Waals surface area contributed by atoms with Crippen LogP contribution in [-0.2, 0) is 32.4 Å². The molecule has 0 unspecified atom stereocenters. The molecule has 0 fully saturated rings. The molecule has 2 N–H and O–H groups in total. The lowest BCUT2D eigenvalue weighted by Crippen LogP contribution is -2.38. The molecule has 8 heteroatoms. The lowest BCUT2D eigenvalue weighted by atomic mass is 10.2. The summed E-state index contributed by atoms with van der Waals surface area (Å²) in [6.07, 6.45) is 6.78. The van der Waals surface area contributed by atoms with Crippen LogP contribution in [0.2, 0.25) is 0 Å². The molecule has 0 aromatic carbocycles. The number of thiophene rings is 1. The number of hydrogen-bond donors (Lipinski definition) is 2. The first kappa shape index (κ1) is 21.1. The van der Waals surface area contributed by atoms with E-state index >= 15 is 0 Å². The van der Waals surface area contributed by atoms with Crippen molar-refractivity contribution in [1.82, 2.24) is 25.4 Å². The number of halogens is 1. The molecule has 0 atom stereocenters. The van der Waals surface area contributed by atoms with Crippen molar-refractivity contribution in [3.8, 4) is 0 Å². The standard InChI is InChI=1S/C18H28N6S.HI/c1-3-14-8-9-15(25-14)13-21-18(19-2)20-11-10-17-23-22-16-7-5-4-6-12-24(16)17;/h8-9H,3-7,10-13H2,1-2H3,(H2,19,20,21);1H. The van der Waals surface area contributed by atoms with E-state index in [1.165, 1.54) is 29.0 Å². The van der Waals surface area contributed by atoms with Crippen LogP contribution < -0.4 is 10.6 Å². The zero-order valence-electron chi connectivity index (χ0n) is 15.6. The average molecular weight is 488 g/mol. The topological polar surface area (TPSA) is 67.1 Å². The number of rotatable bonds is 6. The minimum Gasteiger partial charge on any atom is -0.356 e. The molecule has 3 rings (SSSR count). The van der Waals surface area contributed by atoms with Crippen molar-refractivity contribution in [2.75, 3.05) is 13.6 Å². The zero-order chi connectivity index (χ0) is 17.5. The van der Waals surface area contributed by atoms with Crippen molar-refractivity contribution in [3.63, 3.8) is 0 Å². The maximum absolute atomic E-state index is 4.38. The summed E-state index contributed by atoms with van der Waals surface area (Å²) in [6, 6.07) is 4.39. The zero-order valence-corrected chi connectivity index (χ0v) is 18.8. The first-order valence-corrected chi connectivity index (χ1v) is 10.0. The monoisotopic (exact) mass is 488 g/mol. The number of aryl methyl sites for hydroxylation is 2. The van der Waals surface area contributed by atoms with Crippen LogP contribution in [0.3, 0.4) is 0 Å². The Morgan fingerprint density at radius 3 is 2.81 bits per heavy atom. The van der Waals surface area contributed by atoms with Crippen LogP contribution in [0.15, 0.2) is 17.1 Å². The molecule has 26 heavy (non-hydrogen) atoms. The Labute approximate surface area is 176 Å². The van der Waals surface area contributed by atoms with Gasteiger partial charge in [-0.25, -0.2) is 0 Å². The molecule has 1 aliphatic heterocycles. The van der Waals surface area contributed by atoms with E-state index in [1.54, 1.807) is 0 Å². The molecule has 0 aliphatic carbocycles. The third-order valence-electron chi connectivity index (χ3n) is 4.55. The van der Waals surface area contributed by atoms with E-state index in [9.17, 15) is 0 Å². The molecule has 0 bridgehead atoms. The number of hydrogen-bond acceptors (Lipinski definition) is 4. The molecule has 6 nitrogen and oxygen atoms in total. The highest BCUT2D eigenvalue weighted by Crippen LogP contribution is 2.16. The third kappa shape index (κ3) is 5.67. The second kappa shape index (κ2) is 10.9. The Morgan fingerprint density at radius 2 is 2.04 bits per heavy atom. The number of fused-ring (bicyclic) bond motifs is 1. The van der Waals surface area contributed by atoms with E-state index in [4.69, 9.17) is 0 Å². The van der Waals surface area contributed by atoms with Gasteiger partial charge in [-0.2, -0.15) is 0 Å². The Bertz CT molecular complexity index is 708. The van der Waals surface area contributed by atoms with Gasteiger partial charge in [-0.15, -0.1) is 45.5 Å². The highest BCUT2D eigenvalue weighted by Gasteiger charge is 2.14. The fourth-order valence-electron chi connectivity index (χ4n) is 3.12. The summed E-state index contributed by atoms with van der Waals surface area (Å²) in [5.74, 6) is 3.08. The summed E-state index contributed by atoms with van der Waals surface area (Å²) in [5, 5.41) is 15.5. The van der Waals surface area contributed by atoms with Gasteiger partial charge in [0.15, 0.2) is 5.96 Å². The number of aromatic nitrogens is 3. The molecule has 2 aromatic heterocycles. The van der Waals surface area contributed by atoms with Crippen LogP contribution in [0.4, 0.5) is 0 Å².